The van der Waals surface area contributed by atoms with Crippen molar-refractivity contribution in [2.45, 2.75) is 24.9 Å². The number of hydrogen-bond acceptors (Lipinski definition) is 2. The first-order chi connectivity index (χ1) is 6.09. The van der Waals surface area contributed by atoms with Crippen molar-refractivity contribution in [2.75, 3.05) is 5.73 Å². The molecule has 13 heavy (non-hydrogen) atoms. The van der Waals surface area contributed by atoms with E-state index in [9.17, 15) is 0 Å². The highest BCUT2D eigenvalue weighted by Gasteiger charge is 2.01. The third-order valence-corrected chi connectivity index (χ3v) is 3.32. The van der Waals surface area contributed by atoms with Gasteiger partial charge in [-0.2, -0.15) is 11.8 Å². The molecule has 0 saturated heterocycles. The van der Waals surface area contributed by atoms with Gasteiger partial charge < -0.3 is 5.73 Å². The number of rotatable bonds is 3. The predicted molar refractivity (Wildman–Crippen MR) is 65.0 cm³/mol. The van der Waals surface area contributed by atoms with Crippen LogP contribution in [0.5, 0.6) is 0 Å². The third-order valence-electron chi connectivity index (χ3n) is 1.68. The summed E-state index contributed by atoms with van der Waals surface area (Å²) in [5, 5.41) is 0.656. The quantitative estimate of drug-likeness (QED) is 0.839. The molecule has 1 aromatic rings. The topological polar surface area (TPSA) is 26.0 Å². The van der Waals surface area contributed by atoms with Crippen molar-refractivity contribution in [2.24, 2.45) is 0 Å². The van der Waals surface area contributed by atoms with E-state index in [-0.39, 0.29) is 0 Å². The standard InChI is InChI=1S/C10H14BrNS/c1-7(2)13-6-8-3-4-9(11)5-10(8)12/h3-5,7H,6,12H2,1-2H3. The summed E-state index contributed by atoms with van der Waals surface area (Å²) in [6.07, 6.45) is 0. The predicted octanol–water partition coefficient (Wildman–Crippen LogP) is 3.67. The van der Waals surface area contributed by atoms with Crippen LogP contribution >= 0.6 is 27.7 Å². The average molecular weight is 260 g/mol. The number of halogens is 1. The molecular weight excluding hydrogens is 246 g/mol. The molecule has 3 heteroatoms. The van der Waals surface area contributed by atoms with Gasteiger partial charge >= 0.3 is 0 Å². The van der Waals surface area contributed by atoms with E-state index in [4.69, 9.17) is 5.73 Å². The number of thioether (sulfide) groups is 1. The van der Waals surface area contributed by atoms with Gasteiger partial charge in [-0.3, -0.25) is 0 Å². The van der Waals surface area contributed by atoms with Gasteiger partial charge in [-0.25, -0.2) is 0 Å². The Labute approximate surface area is 92.2 Å². The normalized spacial score (nSPS) is 10.8. The lowest BCUT2D eigenvalue weighted by molar-refractivity contribution is 1.11. The second-order valence-electron chi connectivity index (χ2n) is 3.20. The molecular formula is C10H14BrNS. The van der Waals surface area contributed by atoms with Gasteiger partial charge in [-0.15, -0.1) is 0 Å². The van der Waals surface area contributed by atoms with Crippen molar-refractivity contribution in [1.82, 2.24) is 0 Å². The maximum absolute atomic E-state index is 5.86. The number of nitrogens with two attached hydrogens (primary N) is 1. The maximum Gasteiger partial charge on any atom is 0.0366 e. The van der Waals surface area contributed by atoms with Gasteiger partial charge in [0.1, 0.15) is 0 Å². The van der Waals surface area contributed by atoms with Crippen LogP contribution in [0.15, 0.2) is 22.7 Å². The van der Waals surface area contributed by atoms with Crippen LogP contribution in [0.2, 0.25) is 0 Å². The Bertz CT molecular complexity index is 286. The molecule has 1 nitrogen and oxygen atoms in total. The minimum absolute atomic E-state index is 0.656. The lowest BCUT2D eigenvalue weighted by Gasteiger charge is -2.07. The largest absolute Gasteiger partial charge is 0.398 e. The minimum atomic E-state index is 0.656. The molecule has 0 aliphatic heterocycles. The molecule has 1 aromatic carbocycles. The van der Waals surface area contributed by atoms with Gasteiger partial charge in [0, 0.05) is 15.9 Å². The molecule has 0 aliphatic rings. The van der Waals surface area contributed by atoms with Gasteiger partial charge in [0.15, 0.2) is 0 Å². The summed E-state index contributed by atoms with van der Waals surface area (Å²) in [5.41, 5.74) is 7.97. The first-order valence-electron chi connectivity index (χ1n) is 4.25. The van der Waals surface area contributed by atoms with Gasteiger partial charge in [0.25, 0.3) is 0 Å². The van der Waals surface area contributed by atoms with Crippen LogP contribution in [-0.2, 0) is 5.75 Å². The third kappa shape index (κ3) is 3.61. The maximum atomic E-state index is 5.86. The van der Waals surface area contributed by atoms with Crippen LogP contribution in [0, 0.1) is 0 Å². The Balaban J connectivity index is 2.67. The first kappa shape index (κ1) is 10.9. The Morgan fingerprint density at radius 1 is 1.46 bits per heavy atom. The van der Waals surface area contributed by atoms with Gasteiger partial charge in [0.05, 0.1) is 0 Å². The molecule has 0 unspecified atom stereocenters. The summed E-state index contributed by atoms with van der Waals surface area (Å²) in [6, 6.07) is 6.07. The van der Waals surface area contributed by atoms with Crippen LogP contribution in [0.3, 0.4) is 0 Å². The highest BCUT2D eigenvalue weighted by atomic mass is 79.9. The monoisotopic (exact) mass is 259 g/mol. The molecule has 0 bridgehead atoms. The van der Waals surface area contributed by atoms with Crippen molar-refractivity contribution in [3.63, 3.8) is 0 Å². The van der Waals surface area contributed by atoms with Gasteiger partial charge in [-0.05, 0) is 22.9 Å². The van der Waals surface area contributed by atoms with Crippen molar-refractivity contribution in [3.8, 4) is 0 Å². The van der Waals surface area contributed by atoms with E-state index >= 15 is 0 Å². The van der Waals surface area contributed by atoms with Gasteiger partial charge in [0.2, 0.25) is 0 Å². The SMILES string of the molecule is CC(C)SCc1ccc(Br)cc1N. The first-order valence-corrected chi connectivity index (χ1v) is 6.09. The Hall–Kier alpha value is -0.150. The van der Waals surface area contributed by atoms with Crippen molar-refractivity contribution < 1.29 is 0 Å². The van der Waals surface area contributed by atoms with Crippen molar-refractivity contribution in [1.29, 1.82) is 0 Å². The second kappa shape index (κ2) is 4.91. The number of benzene rings is 1. The molecule has 0 spiro atoms. The van der Waals surface area contributed by atoms with Crippen LogP contribution < -0.4 is 5.73 Å². The fourth-order valence-electron chi connectivity index (χ4n) is 0.954. The molecule has 0 radical (unpaired) electrons. The summed E-state index contributed by atoms with van der Waals surface area (Å²) in [5.74, 6) is 0.997. The number of nitrogen functional groups attached to an aromatic ring is 1. The summed E-state index contributed by atoms with van der Waals surface area (Å²) >= 11 is 5.30. The lowest BCUT2D eigenvalue weighted by Crippen LogP contribution is -1.94. The lowest BCUT2D eigenvalue weighted by atomic mass is 10.2. The molecule has 2 N–H and O–H groups in total. The molecule has 0 fully saturated rings. The molecule has 0 heterocycles. The zero-order valence-corrected chi connectivity index (χ0v) is 10.3. The summed E-state index contributed by atoms with van der Waals surface area (Å²) in [4.78, 5) is 0. The fraction of sp³-hybridized carbons (Fsp3) is 0.400. The summed E-state index contributed by atoms with van der Waals surface area (Å²) < 4.78 is 1.04. The molecule has 0 amide bonds. The van der Waals surface area contributed by atoms with E-state index in [1.807, 2.05) is 23.9 Å². The Morgan fingerprint density at radius 3 is 2.69 bits per heavy atom. The van der Waals surface area contributed by atoms with Crippen LogP contribution in [0.25, 0.3) is 0 Å². The van der Waals surface area contributed by atoms with Crippen molar-refractivity contribution in [3.05, 3.63) is 28.2 Å². The van der Waals surface area contributed by atoms with Crippen LogP contribution in [0.1, 0.15) is 19.4 Å². The second-order valence-corrected chi connectivity index (χ2v) is 5.68. The fourth-order valence-corrected chi connectivity index (χ4v) is 2.11. The minimum Gasteiger partial charge on any atom is -0.398 e. The van der Waals surface area contributed by atoms with E-state index in [1.165, 1.54) is 5.56 Å². The smallest absolute Gasteiger partial charge is 0.0366 e. The zero-order valence-electron chi connectivity index (χ0n) is 7.88. The Kier molecular flexibility index (Phi) is 4.13. The van der Waals surface area contributed by atoms with E-state index in [0.29, 0.717) is 5.25 Å². The molecule has 1 rings (SSSR count). The molecule has 0 aliphatic carbocycles. The number of hydrogen-bond donors (Lipinski definition) is 1. The van der Waals surface area contributed by atoms with E-state index in [1.54, 1.807) is 0 Å². The zero-order chi connectivity index (χ0) is 9.84. The van der Waals surface area contributed by atoms with Crippen LogP contribution in [-0.4, -0.2) is 5.25 Å². The van der Waals surface area contributed by atoms with Crippen LogP contribution in [0.4, 0.5) is 5.69 Å². The Morgan fingerprint density at radius 2 is 2.15 bits per heavy atom. The molecule has 72 valence electrons. The van der Waals surface area contributed by atoms with E-state index < -0.39 is 0 Å². The van der Waals surface area contributed by atoms with E-state index in [2.05, 4.69) is 35.8 Å². The summed E-state index contributed by atoms with van der Waals surface area (Å²) in [7, 11) is 0. The van der Waals surface area contributed by atoms with Gasteiger partial charge in [-0.1, -0.05) is 35.8 Å². The molecule has 0 saturated carbocycles. The van der Waals surface area contributed by atoms with Crippen molar-refractivity contribution >= 4 is 33.4 Å². The highest BCUT2D eigenvalue weighted by Crippen LogP contribution is 2.24. The molecule has 0 aromatic heterocycles. The highest BCUT2D eigenvalue weighted by molar-refractivity contribution is 9.10. The molecule has 0 atom stereocenters. The average Bonchev–Trinajstić information content (AvgIpc) is 2.02. The van der Waals surface area contributed by atoms with E-state index in [0.717, 1.165) is 15.9 Å². The summed E-state index contributed by atoms with van der Waals surface area (Å²) in [6.45, 7) is 4.39. The number of anilines is 1.